The van der Waals surface area contributed by atoms with Crippen LogP contribution >= 0.6 is 0 Å². The number of ether oxygens (including phenoxy) is 1. The minimum atomic E-state index is -0.992. The van der Waals surface area contributed by atoms with Gasteiger partial charge in [0.1, 0.15) is 0 Å². The van der Waals surface area contributed by atoms with E-state index in [2.05, 4.69) is 0 Å². The molecule has 92 valence electrons. The third-order valence-electron chi connectivity index (χ3n) is 3.17. The largest absolute Gasteiger partial charge is 0.478 e. The van der Waals surface area contributed by atoms with Gasteiger partial charge in [0.15, 0.2) is 0 Å². The fourth-order valence-corrected chi connectivity index (χ4v) is 2.26. The van der Waals surface area contributed by atoms with Crippen LogP contribution in [-0.2, 0) is 11.3 Å². The molecule has 3 N–H and O–H groups in total. The van der Waals surface area contributed by atoms with Crippen LogP contribution in [0.1, 0.15) is 41.6 Å². The highest BCUT2D eigenvalue weighted by atomic mass is 16.5. The molecule has 0 bridgehead atoms. The molecule has 0 atom stereocenters. The van der Waals surface area contributed by atoms with Crippen LogP contribution in [0.5, 0.6) is 0 Å². The lowest BCUT2D eigenvalue weighted by Crippen LogP contribution is -2.12. The second-order valence-electron chi connectivity index (χ2n) is 4.40. The number of rotatable bonds is 4. The maximum Gasteiger partial charge on any atom is 0.338 e. The summed E-state index contributed by atoms with van der Waals surface area (Å²) in [5.41, 5.74) is 6.79. The quantitative estimate of drug-likeness (QED) is 0.786. The minimum absolute atomic E-state index is 0.172. The Labute approximate surface area is 100 Å². The fourth-order valence-electron chi connectivity index (χ4n) is 2.26. The number of carboxylic acid groups (broad SMARTS) is 1. The molecule has 0 amide bonds. The SMILES string of the molecule is Nc1cccc(COC2CCCC2)c1C(=O)O. The molecular weight excluding hydrogens is 218 g/mol. The van der Waals surface area contributed by atoms with Crippen molar-refractivity contribution in [1.29, 1.82) is 0 Å². The van der Waals surface area contributed by atoms with Gasteiger partial charge < -0.3 is 15.6 Å². The lowest BCUT2D eigenvalue weighted by molar-refractivity contribution is 0.0441. The van der Waals surface area contributed by atoms with Crippen molar-refractivity contribution in [3.8, 4) is 0 Å². The predicted octanol–water partition coefficient (Wildman–Crippen LogP) is 2.43. The van der Waals surface area contributed by atoms with Gasteiger partial charge in [-0.05, 0) is 24.5 Å². The van der Waals surface area contributed by atoms with Crippen molar-refractivity contribution >= 4 is 11.7 Å². The first-order chi connectivity index (χ1) is 8.18. The van der Waals surface area contributed by atoms with Crippen molar-refractivity contribution in [1.82, 2.24) is 0 Å². The number of anilines is 1. The monoisotopic (exact) mass is 235 g/mol. The lowest BCUT2D eigenvalue weighted by Gasteiger charge is -2.13. The lowest BCUT2D eigenvalue weighted by atomic mass is 10.1. The Morgan fingerprint density at radius 2 is 2.12 bits per heavy atom. The van der Waals surface area contributed by atoms with Crippen LogP contribution in [0.15, 0.2) is 18.2 Å². The second-order valence-corrected chi connectivity index (χ2v) is 4.40. The maximum absolute atomic E-state index is 11.1. The van der Waals surface area contributed by atoms with E-state index in [0.29, 0.717) is 17.9 Å². The summed E-state index contributed by atoms with van der Waals surface area (Å²) < 4.78 is 5.72. The molecular formula is C13H17NO3. The topological polar surface area (TPSA) is 72.5 Å². The van der Waals surface area contributed by atoms with Crippen molar-refractivity contribution in [3.63, 3.8) is 0 Å². The van der Waals surface area contributed by atoms with E-state index in [-0.39, 0.29) is 11.7 Å². The second kappa shape index (κ2) is 5.19. The first-order valence-corrected chi connectivity index (χ1v) is 5.90. The Kier molecular flexibility index (Phi) is 3.64. The van der Waals surface area contributed by atoms with Crippen molar-refractivity contribution in [2.45, 2.75) is 38.4 Å². The molecule has 17 heavy (non-hydrogen) atoms. The van der Waals surface area contributed by atoms with Crippen molar-refractivity contribution in [2.75, 3.05) is 5.73 Å². The summed E-state index contributed by atoms with van der Waals surface area (Å²) in [5.74, 6) is -0.992. The smallest absolute Gasteiger partial charge is 0.338 e. The van der Waals surface area contributed by atoms with Crippen molar-refractivity contribution < 1.29 is 14.6 Å². The third kappa shape index (κ3) is 2.77. The van der Waals surface area contributed by atoms with Crippen LogP contribution in [0.2, 0.25) is 0 Å². The molecule has 1 aliphatic rings. The van der Waals surface area contributed by atoms with Gasteiger partial charge in [0.25, 0.3) is 0 Å². The average Bonchev–Trinajstić information content (AvgIpc) is 2.78. The molecule has 1 aromatic rings. The van der Waals surface area contributed by atoms with Crippen molar-refractivity contribution in [2.24, 2.45) is 0 Å². The Hall–Kier alpha value is -1.55. The van der Waals surface area contributed by atoms with Crippen LogP contribution in [0.3, 0.4) is 0 Å². The summed E-state index contributed by atoms with van der Waals surface area (Å²) in [5, 5.41) is 9.10. The van der Waals surface area contributed by atoms with E-state index in [1.54, 1.807) is 18.2 Å². The molecule has 4 heteroatoms. The van der Waals surface area contributed by atoms with Gasteiger partial charge in [-0.3, -0.25) is 0 Å². The standard InChI is InChI=1S/C13H17NO3/c14-11-7-3-4-9(12(11)13(15)16)8-17-10-5-1-2-6-10/h3-4,7,10H,1-2,5-6,8,14H2,(H,15,16). The zero-order valence-electron chi connectivity index (χ0n) is 9.69. The summed E-state index contributed by atoms with van der Waals surface area (Å²) in [4.78, 5) is 11.1. The number of carboxylic acids is 1. The zero-order valence-corrected chi connectivity index (χ0v) is 9.69. The highest BCUT2D eigenvalue weighted by Crippen LogP contribution is 2.24. The first kappa shape index (κ1) is 11.9. The molecule has 1 fully saturated rings. The van der Waals surface area contributed by atoms with Crippen LogP contribution in [-0.4, -0.2) is 17.2 Å². The molecule has 1 aliphatic carbocycles. The molecule has 0 aliphatic heterocycles. The Morgan fingerprint density at radius 3 is 2.76 bits per heavy atom. The fraction of sp³-hybridized carbons (Fsp3) is 0.462. The number of hydrogen-bond donors (Lipinski definition) is 2. The molecule has 1 saturated carbocycles. The number of carbonyl (C=O) groups is 1. The van der Waals surface area contributed by atoms with E-state index in [9.17, 15) is 4.79 Å². The minimum Gasteiger partial charge on any atom is -0.478 e. The van der Waals surface area contributed by atoms with Crippen molar-refractivity contribution in [3.05, 3.63) is 29.3 Å². The molecule has 4 nitrogen and oxygen atoms in total. The van der Waals surface area contributed by atoms with Gasteiger partial charge in [-0.1, -0.05) is 25.0 Å². The van der Waals surface area contributed by atoms with Gasteiger partial charge in [-0.25, -0.2) is 4.79 Å². The average molecular weight is 235 g/mol. The van der Waals surface area contributed by atoms with Gasteiger partial charge in [-0.15, -0.1) is 0 Å². The number of aromatic carboxylic acids is 1. The third-order valence-corrected chi connectivity index (χ3v) is 3.17. The van der Waals surface area contributed by atoms with E-state index in [4.69, 9.17) is 15.6 Å². The molecule has 2 rings (SSSR count). The zero-order chi connectivity index (χ0) is 12.3. The van der Waals surface area contributed by atoms with Gasteiger partial charge in [0, 0.05) is 5.69 Å². The highest BCUT2D eigenvalue weighted by Gasteiger charge is 2.18. The van der Waals surface area contributed by atoms with E-state index < -0.39 is 5.97 Å². The molecule has 0 saturated heterocycles. The number of nitrogen functional groups attached to an aromatic ring is 1. The van der Waals surface area contributed by atoms with E-state index >= 15 is 0 Å². The number of nitrogens with two attached hydrogens (primary N) is 1. The summed E-state index contributed by atoms with van der Waals surface area (Å²) in [6.07, 6.45) is 4.83. The van der Waals surface area contributed by atoms with E-state index in [1.807, 2.05) is 0 Å². The first-order valence-electron chi connectivity index (χ1n) is 5.90. The molecule has 0 radical (unpaired) electrons. The normalized spacial score (nSPS) is 16.2. The molecule has 0 heterocycles. The molecule has 1 aromatic carbocycles. The Balaban J connectivity index is 2.09. The molecule has 0 spiro atoms. The van der Waals surface area contributed by atoms with Gasteiger partial charge in [-0.2, -0.15) is 0 Å². The van der Waals surface area contributed by atoms with Gasteiger partial charge in [0.2, 0.25) is 0 Å². The van der Waals surface area contributed by atoms with Crippen LogP contribution in [0.4, 0.5) is 5.69 Å². The van der Waals surface area contributed by atoms with Gasteiger partial charge in [0.05, 0.1) is 18.3 Å². The summed E-state index contributed by atoms with van der Waals surface area (Å²) in [7, 11) is 0. The number of hydrogen-bond acceptors (Lipinski definition) is 3. The van der Waals surface area contributed by atoms with Gasteiger partial charge >= 0.3 is 5.97 Å². The van der Waals surface area contributed by atoms with E-state index in [0.717, 1.165) is 12.8 Å². The van der Waals surface area contributed by atoms with Crippen LogP contribution in [0.25, 0.3) is 0 Å². The Morgan fingerprint density at radius 1 is 1.41 bits per heavy atom. The summed E-state index contributed by atoms with van der Waals surface area (Å²) >= 11 is 0. The molecule has 0 unspecified atom stereocenters. The summed E-state index contributed by atoms with van der Waals surface area (Å²) in [6.45, 7) is 0.331. The van der Waals surface area contributed by atoms with Crippen LogP contribution in [0, 0.1) is 0 Å². The summed E-state index contributed by atoms with van der Waals surface area (Å²) in [6, 6.07) is 5.12. The Bertz CT molecular complexity index is 411. The predicted molar refractivity (Wildman–Crippen MR) is 64.9 cm³/mol. The maximum atomic E-state index is 11.1. The highest BCUT2D eigenvalue weighted by molar-refractivity contribution is 5.95. The van der Waals surface area contributed by atoms with Crippen LogP contribution < -0.4 is 5.73 Å². The van der Waals surface area contributed by atoms with E-state index in [1.165, 1.54) is 12.8 Å². The number of benzene rings is 1. The molecule has 0 aromatic heterocycles.